The molecule has 0 radical (unpaired) electrons. The Kier molecular flexibility index (Phi) is 11.5. The number of amides is 2. The van der Waals surface area contributed by atoms with Crippen molar-refractivity contribution in [3.63, 3.8) is 0 Å². The number of alkyl halides is 3. The Balaban J connectivity index is 0.00000260. The van der Waals surface area contributed by atoms with E-state index in [0.29, 0.717) is 34.7 Å². The zero-order chi connectivity index (χ0) is 29.2. The van der Waals surface area contributed by atoms with E-state index in [1.165, 1.54) is 24.3 Å². The van der Waals surface area contributed by atoms with Gasteiger partial charge in [0.2, 0.25) is 0 Å². The first kappa shape index (κ1) is 31.3. The average molecular weight is 550 g/mol. The summed E-state index contributed by atoms with van der Waals surface area (Å²) in [4.78, 5) is 18.2. The minimum atomic E-state index is -4.53. The lowest BCUT2D eigenvalue weighted by molar-refractivity contribution is -0.135. The van der Waals surface area contributed by atoms with Gasteiger partial charge in [-0.1, -0.05) is 12.1 Å². The molecule has 1 saturated carbocycles. The summed E-state index contributed by atoms with van der Waals surface area (Å²) in [6, 6.07) is 11.8. The van der Waals surface area contributed by atoms with Gasteiger partial charge >= 0.3 is 12.2 Å². The van der Waals surface area contributed by atoms with E-state index in [0.717, 1.165) is 12.7 Å². The Labute approximate surface area is 225 Å². The van der Waals surface area contributed by atoms with E-state index in [4.69, 9.17) is 16.2 Å². The van der Waals surface area contributed by atoms with Gasteiger partial charge in [0, 0.05) is 37.0 Å². The molecule has 212 valence electrons. The highest BCUT2D eigenvalue weighted by Gasteiger charge is 2.31. The number of amidine groups is 1. The lowest BCUT2D eigenvalue weighted by atomic mass is 9.89. The second-order valence-electron chi connectivity index (χ2n) is 8.87. The summed E-state index contributed by atoms with van der Waals surface area (Å²) >= 11 is 0. The smallest absolute Gasteiger partial charge is 0.390 e. The van der Waals surface area contributed by atoms with Crippen molar-refractivity contribution in [1.29, 1.82) is 5.41 Å². The number of allylic oxidation sites excluding steroid dienone is 1. The number of urea groups is 1. The zero-order valence-corrected chi connectivity index (χ0v) is 21.8. The summed E-state index contributed by atoms with van der Waals surface area (Å²) in [7, 11) is 1.00. The number of aryl methyl sites for hydroxylation is 1. The molecule has 1 unspecified atom stereocenters. The van der Waals surface area contributed by atoms with Crippen molar-refractivity contribution in [2.75, 3.05) is 20.2 Å². The molecule has 0 heterocycles. The van der Waals surface area contributed by atoms with E-state index < -0.39 is 37.1 Å². The van der Waals surface area contributed by atoms with Crippen molar-refractivity contribution >= 4 is 23.3 Å². The van der Waals surface area contributed by atoms with Crippen LogP contribution in [-0.4, -0.2) is 70.3 Å². The number of nitrogens with one attached hydrogen (secondary N) is 2. The predicted octanol–water partition coefficient (Wildman–Crippen LogP) is 4.13. The summed E-state index contributed by atoms with van der Waals surface area (Å²) in [5.41, 5.74) is 9.69. The maximum absolute atomic E-state index is 12.9. The van der Waals surface area contributed by atoms with Crippen molar-refractivity contribution in [1.82, 2.24) is 10.2 Å². The number of nitrogens with zero attached hydrogens (tertiary/aromatic N) is 2. The maximum atomic E-state index is 12.9. The number of hydrogen-bond donors (Lipinski definition) is 6. The molecule has 7 N–H and O–H groups in total. The molecule has 0 aliphatic heterocycles. The minimum Gasteiger partial charge on any atom is -0.508 e. The van der Waals surface area contributed by atoms with Crippen molar-refractivity contribution in [2.45, 2.75) is 44.9 Å². The van der Waals surface area contributed by atoms with Crippen molar-refractivity contribution in [3.05, 3.63) is 70.9 Å². The number of carbonyl (C=O) groups is 1. The number of phenols is 1. The van der Waals surface area contributed by atoms with E-state index in [-0.39, 0.29) is 30.0 Å². The third kappa shape index (κ3) is 9.73. The molecular formula is C27H34F3N5O4. The monoisotopic (exact) mass is 549 g/mol. The summed E-state index contributed by atoms with van der Waals surface area (Å²) in [5, 5.41) is 37.4. The Morgan fingerprint density at radius 2 is 1.87 bits per heavy atom. The molecule has 39 heavy (non-hydrogen) atoms. The molecule has 12 heteroatoms. The average Bonchev–Trinajstić information content (AvgIpc) is 2.88. The fraction of sp³-hybridized carbons (Fsp3) is 0.370. The molecule has 2 aromatic carbocycles. The number of rotatable bonds is 6. The van der Waals surface area contributed by atoms with Gasteiger partial charge in [-0.2, -0.15) is 13.2 Å². The summed E-state index contributed by atoms with van der Waals surface area (Å²) in [5.74, 6) is -0.529. The van der Waals surface area contributed by atoms with Gasteiger partial charge in [0.1, 0.15) is 11.6 Å². The second kappa shape index (κ2) is 14.3. The first-order valence-electron chi connectivity index (χ1n) is 12.2. The number of aliphatic hydroxyl groups is 2. The van der Waals surface area contributed by atoms with Gasteiger partial charge in [-0.3, -0.25) is 15.3 Å². The van der Waals surface area contributed by atoms with Crippen LogP contribution < -0.4 is 11.1 Å². The summed E-state index contributed by atoms with van der Waals surface area (Å²) < 4.78 is 38.7. The molecule has 3 rings (SSSR count). The highest BCUT2D eigenvalue weighted by molar-refractivity contribution is 6.06. The van der Waals surface area contributed by atoms with E-state index in [9.17, 15) is 28.2 Å². The topological polar surface area (TPSA) is 155 Å². The number of benzene rings is 2. The number of nitrogens with two attached hydrogens (primary N) is 1. The lowest BCUT2D eigenvalue weighted by Gasteiger charge is -2.26. The molecule has 0 spiro atoms. The van der Waals surface area contributed by atoms with Crippen LogP contribution in [0.25, 0.3) is 0 Å². The highest BCUT2D eigenvalue weighted by Crippen LogP contribution is 2.26. The molecule has 2 aromatic rings. The van der Waals surface area contributed by atoms with Gasteiger partial charge < -0.3 is 26.4 Å². The molecular weight excluding hydrogens is 515 g/mol. The largest absolute Gasteiger partial charge is 0.508 e. The van der Waals surface area contributed by atoms with Gasteiger partial charge in [-0.15, -0.1) is 0 Å². The fourth-order valence-corrected chi connectivity index (χ4v) is 3.92. The predicted molar refractivity (Wildman–Crippen MR) is 143 cm³/mol. The van der Waals surface area contributed by atoms with Crippen LogP contribution in [0.15, 0.2) is 64.8 Å². The standard InChI is InChI=1S/C26H30F3N5O3.CH4O/c1-16-3-2-4-18(13-16)33-23-14-20(36)9-10-21(23)22(30)15-32-25(37)34(12-11-26(27,28)29)24(31)17-5-7-19(35)8-6-17;1-2/h2-8,13,20,31,35-36H,9-12,14-15,30H2,1H3,(H,32,37);2H,1H3/b22-21-,31-24?,33-23?;. The maximum Gasteiger partial charge on any atom is 0.390 e. The second-order valence-corrected chi connectivity index (χ2v) is 8.87. The minimum absolute atomic E-state index is 0.0806. The van der Waals surface area contributed by atoms with Gasteiger partial charge in [-0.05, 0) is 67.3 Å². The third-order valence-corrected chi connectivity index (χ3v) is 5.86. The molecule has 0 bridgehead atoms. The van der Waals surface area contributed by atoms with Gasteiger partial charge in [0.15, 0.2) is 0 Å². The Hall–Kier alpha value is -3.90. The van der Waals surface area contributed by atoms with Gasteiger partial charge in [0.05, 0.1) is 24.8 Å². The molecule has 1 aliphatic rings. The van der Waals surface area contributed by atoms with Crippen LogP contribution in [0.3, 0.4) is 0 Å². The quantitative estimate of drug-likeness (QED) is 0.236. The number of phenolic OH excluding ortho intramolecular Hbond substituents is 1. The number of halogens is 3. The molecule has 1 atom stereocenters. The number of hydrogen-bond acceptors (Lipinski definition) is 7. The number of aliphatic imine (C=N–C) groups is 1. The summed E-state index contributed by atoms with van der Waals surface area (Å²) in [6.07, 6.45) is -5.25. The number of aromatic hydroxyl groups is 1. The molecule has 0 saturated heterocycles. The van der Waals surface area contributed by atoms with Crippen LogP contribution in [0.5, 0.6) is 5.75 Å². The molecule has 2 amide bonds. The zero-order valence-electron chi connectivity index (χ0n) is 21.8. The highest BCUT2D eigenvalue weighted by atomic mass is 19.4. The molecule has 1 aliphatic carbocycles. The van der Waals surface area contributed by atoms with Crippen LogP contribution in [0, 0.1) is 12.3 Å². The van der Waals surface area contributed by atoms with Crippen molar-refractivity contribution in [3.8, 4) is 5.75 Å². The SMILES string of the molecule is CO.Cc1cccc(N=C2CC(O)CC/C2=C(/N)CNC(=O)N(CCC(F)(F)F)C(=N)c2ccc(O)cc2)c1. The van der Waals surface area contributed by atoms with Crippen LogP contribution in [0.2, 0.25) is 0 Å². The van der Waals surface area contributed by atoms with Gasteiger partial charge in [-0.25, -0.2) is 4.79 Å². The first-order valence-corrected chi connectivity index (χ1v) is 12.2. The third-order valence-electron chi connectivity index (χ3n) is 5.86. The lowest BCUT2D eigenvalue weighted by Crippen LogP contribution is -2.46. The van der Waals surface area contributed by atoms with E-state index >= 15 is 0 Å². The van der Waals surface area contributed by atoms with E-state index in [1.54, 1.807) is 0 Å². The normalized spacial score (nSPS) is 17.6. The van der Waals surface area contributed by atoms with Crippen LogP contribution in [0.4, 0.5) is 23.7 Å². The number of aliphatic hydroxyl groups excluding tert-OH is 2. The first-order chi connectivity index (χ1) is 18.4. The van der Waals surface area contributed by atoms with Crippen LogP contribution in [-0.2, 0) is 0 Å². The fourth-order valence-electron chi connectivity index (χ4n) is 3.92. The van der Waals surface area contributed by atoms with Crippen LogP contribution in [0.1, 0.15) is 36.8 Å². The Morgan fingerprint density at radius 1 is 1.21 bits per heavy atom. The van der Waals surface area contributed by atoms with E-state index in [2.05, 4.69) is 10.3 Å². The van der Waals surface area contributed by atoms with Crippen molar-refractivity contribution < 1.29 is 33.3 Å². The Morgan fingerprint density at radius 3 is 2.49 bits per heavy atom. The summed E-state index contributed by atoms with van der Waals surface area (Å²) in [6.45, 7) is 0.987. The molecule has 0 aromatic heterocycles. The molecule has 1 fully saturated rings. The number of carbonyl (C=O) groups excluding carboxylic acids is 1. The molecule has 9 nitrogen and oxygen atoms in total. The van der Waals surface area contributed by atoms with Crippen LogP contribution >= 0.6 is 0 Å². The van der Waals surface area contributed by atoms with Gasteiger partial charge in [0.25, 0.3) is 0 Å². The van der Waals surface area contributed by atoms with E-state index in [1.807, 2.05) is 31.2 Å². The van der Waals surface area contributed by atoms with Crippen molar-refractivity contribution in [2.24, 2.45) is 10.7 Å². The Bertz CT molecular complexity index is 1200.